The van der Waals surface area contributed by atoms with Gasteiger partial charge in [-0.1, -0.05) is 24.3 Å². The van der Waals surface area contributed by atoms with E-state index in [-0.39, 0.29) is 12.2 Å². The van der Waals surface area contributed by atoms with Crippen LogP contribution in [0.3, 0.4) is 0 Å². The predicted octanol–water partition coefficient (Wildman–Crippen LogP) is 3.06. The highest BCUT2D eigenvalue weighted by Crippen LogP contribution is 2.18. The Kier molecular flexibility index (Phi) is 6.02. The first-order valence-electron chi connectivity index (χ1n) is 8.25. The van der Waals surface area contributed by atoms with Gasteiger partial charge >= 0.3 is 6.09 Å². The molecule has 5 nitrogen and oxygen atoms in total. The van der Waals surface area contributed by atoms with E-state index in [1.165, 1.54) is 0 Å². The first-order valence-corrected chi connectivity index (χ1v) is 8.25. The number of amides is 1. The van der Waals surface area contributed by atoms with E-state index in [1.54, 1.807) is 4.90 Å². The number of likely N-dealkylation sites (tertiary alicyclic amines) is 1. The summed E-state index contributed by atoms with van der Waals surface area (Å²) < 4.78 is 11.4. The minimum Gasteiger partial charge on any atom is -0.444 e. The molecule has 1 aliphatic rings. The molecule has 0 aromatic heterocycles. The lowest BCUT2D eigenvalue weighted by molar-refractivity contribution is -0.0170. The van der Waals surface area contributed by atoms with Crippen molar-refractivity contribution in [2.24, 2.45) is 5.73 Å². The van der Waals surface area contributed by atoms with Gasteiger partial charge in [0.1, 0.15) is 5.60 Å². The number of benzene rings is 1. The lowest BCUT2D eigenvalue weighted by atomic mass is 10.1. The van der Waals surface area contributed by atoms with E-state index in [2.05, 4.69) is 12.1 Å². The maximum absolute atomic E-state index is 12.0. The third-order valence-electron chi connectivity index (χ3n) is 3.84. The summed E-state index contributed by atoms with van der Waals surface area (Å²) in [6.07, 6.45) is 1.66. The zero-order chi connectivity index (χ0) is 16.9. The SMILES string of the molecule is CC(C)(C)OC(=O)N1CCC(OCc2ccc(CN)cc2)CC1. The van der Waals surface area contributed by atoms with Crippen LogP contribution in [-0.2, 0) is 22.6 Å². The number of nitrogens with two attached hydrogens (primary N) is 1. The van der Waals surface area contributed by atoms with Crippen molar-refractivity contribution in [2.75, 3.05) is 13.1 Å². The molecule has 1 fully saturated rings. The van der Waals surface area contributed by atoms with Crippen LogP contribution in [0.15, 0.2) is 24.3 Å². The average molecular weight is 320 g/mol. The van der Waals surface area contributed by atoms with Crippen molar-refractivity contribution >= 4 is 6.09 Å². The molecule has 0 atom stereocenters. The maximum Gasteiger partial charge on any atom is 0.410 e. The van der Waals surface area contributed by atoms with Gasteiger partial charge in [0.05, 0.1) is 12.7 Å². The van der Waals surface area contributed by atoms with Gasteiger partial charge < -0.3 is 20.1 Å². The van der Waals surface area contributed by atoms with Crippen molar-refractivity contribution in [2.45, 2.75) is 58.5 Å². The molecule has 2 N–H and O–H groups in total. The summed E-state index contributed by atoms with van der Waals surface area (Å²) >= 11 is 0. The summed E-state index contributed by atoms with van der Waals surface area (Å²) in [5, 5.41) is 0. The summed E-state index contributed by atoms with van der Waals surface area (Å²) in [6.45, 7) is 8.19. The van der Waals surface area contributed by atoms with E-state index in [1.807, 2.05) is 32.9 Å². The van der Waals surface area contributed by atoms with Crippen LogP contribution in [0.5, 0.6) is 0 Å². The van der Waals surface area contributed by atoms with Gasteiger partial charge in [0, 0.05) is 19.6 Å². The molecule has 0 saturated carbocycles. The molecule has 0 unspecified atom stereocenters. The van der Waals surface area contributed by atoms with Crippen molar-refractivity contribution in [1.82, 2.24) is 4.90 Å². The van der Waals surface area contributed by atoms with Gasteiger partial charge in [-0.05, 0) is 44.7 Å². The molecular formula is C18H28N2O3. The maximum atomic E-state index is 12.0. The minimum absolute atomic E-state index is 0.197. The summed E-state index contributed by atoms with van der Waals surface area (Å²) in [4.78, 5) is 13.8. The van der Waals surface area contributed by atoms with Crippen LogP contribution >= 0.6 is 0 Å². The van der Waals surface area contributed by atoms with Crippen LogP contribution < -0.4 is 5.73 Å². The Morgan fingerprint density at radius 2 is 1.74 bits per heavy atom. The highest BCUT2D eigenvalue weighted by Gasteiger charge is 2.27. The van der Waals surface area contributed by atoms with Crippen LogP contribution in [0.25, 0.3) is 0 Å². The van der Waals surface area contributed by atoms with Crippen LogP contribution in [0.1, 0.15) is 44.7 Å². The first kappa shape index (κ1) is 17.8. The van der Waals surface area contributed by atoms with Gasteiger partial charge in [0.25, 0.3) is 0 Å². The second-order valence-electron chi connectivity index (χ2n) is 7.00. The number of nitrogens with zero attached hydrogens (tertiary/aromatic N) is 1. The second-order valence-corrected chi connectivity index (χ2v) is 7.00. The first-order chi connectivity index (χ1) is 10.9. The van der Waals surface area contributed by atoms with Gasteiger partial charge in [-0.15, -0.1) is 0 Å². The normalized spacial score (nSPS) is 16.4. The average Bonchev–Trinajstić information content (AvgIpc) is 2.52. The van der Waals surface area contributed by atoms with Crippen LogP contribution in [0, 0.1) is 0 Å². The molecule has 128 valence electrons. The number of ether oxygens (including phenoxy) is 2. The molecule has 23 heavy (non-hydrogen) atoms. The van der Waals surface area contributed by atoms with Crippen molar-refractivity contribution in [3.8, 4) is 0 Å². The number of carbonyl (C=O) groups is 1. The van der Waals surface area contributed by atoms with Crippen molar-refractivity contribution < 1.29 is 14.3 Å². The number of hydrogen-bond acceptors (Lipinski definition) is 4. The van der Waals surface area contributed by atoms with Crippen LogP contribution in [0.2, 0.25) is 0 Å². The van der Waals surface area contributed by atoms with E-state index < -0.39 is 5.60 Å². The number of hydrogen-bond donors (Lipinski definition) is 1. The molecule has 0 spiro atoms. The van der Waals surface area contributed by atoms with Crippen molar-refractivity contribution in [3.63, 3.8) is 0 Å². The van der Waals surface area contributed by atoms with Crippen molar-refractivity contribution in [1.29, 1.82) is 0 Å². The molecule has 1 amide bonds. The predicted molar refractivity (Wildman–Crippen MR) is 90.0 cm³/mol. The Labute approximate surface area is 138 Å². The zero-order valence-electron chi connectivity index (χ0n) is 14.4. The van der Waals surface area contributed by atoms with Gasteiger partial charge in [0.2, 0.25) is 0 Å². The fourth-order valence-corrected chi connectivity index (χ4v) is 2.52. The van der Waals surface area contributed by atoms with Crippen molar-refractivity contribution in [3.05, 3.63) is 35.4 Å². The third kappa shape index (κ3) is 5.84. The van der Waals surface area contributed by atoms with E-state index in [9.17, 15) is 4.79 Å². The van der Waals surface area contributed by atoms with Crippen LogP contribution in [0.4, 0.5) is 4.79 Å². The molecular weight excluding hydrogens is 292 g/mol. The molecule has 1 aliphatic heterocycles. The smallest absolute Gasteiger partial charge is 0.410 e. The molecule has 1 heterocycles. The quantitative estimate of drug-likeness (QED) is 0.926. The van der Waals surface area contributed by atoms with Gasteiger partial charge in [0.15, 0.2) is 0 Å². The summed E-state index contributed by atoms with van der Waals surface area (Å²) in [6, 6.07) is 8.17. The molecule has 2 rings (SSSR count). The third-order valence-corrected chi connectivity index (χ3v) is 3.84. The van der Waals surface area contributed by atoms with E-state index in [0.29, 0.717) is 26.2 Å². The topological polar surface area (TPSA) is 64.8 Å². The Morgan fingerprint density at radius 3 is 2.26 bits per heavy atom. The Hall–Kier alpha value is -1.59. The second kappa shape index (κ2) is 7.79. The molecule has 1 aromatic rings. The Morgan fingerprint density at radius 1 is 1.17 bits per heavy atom. The van der Waals surface area contributed by atoms with Crippen LogP contribution in [-0.4, -0.2) is 35.8 Å². The Balaban J connectivity index is 1.73. The fourth-order valence-electron chi connectivity index (χ4n) is 2.52. The Bertz CT molecular complexity index is 500. The monoisotopic (exact) mass is 320 g/mol. The highest BCUT2D eigenvalue weighted by atomic mass is 16.6. The van der Waals surface area contributed by atoms with E-state index >= 15 is 0 Å². The number of rotatable bonds is 4. The molecule has 0 bridgehead atoms. The molecule has 0 aliphatic carbocycles. The summed E-state index contributed by atoms with van der Waals surface area (Å²) in [7, 11) is 0. The van der Waals surface area contributed by atoms with Gasteiger partial charge in [-0.3, -0.25) is 0 Å². The largest absolute Gasteiger partial charge is 0.444 e. The molecule has 1 aromatic carbocycles. The van der Waals surface area contributed by atoms with Gasteiger partial charge in [-0.25, -0.2) is 4.79 Å². The number of piperidine rings is 1. The summed E-state index contributed by atoms with van der Waals surface area (Å²) in [5.74, 6) is 0. The van der Waals surface area contributed by atoms with Gasteiger partial charge in [-0.2, -0.15) is 0 Å². The van der Waals surface area contributed by atoms with E-state index in [4.69, 9.17) is 15.2 Å². The fraction of sp³-hybridized carbons (Fsp3) is 0.611. The summed E-state index contributed by atoms with van der Waals surface area (Å²) in [5.41, 5.74) is 7.42. The lowest BCUT2D eigenvalue weighted by Gasteiger charge is -2.33. The highest BCUT2D eigenvalue weighted by molar-refractivity contribution is 5.68. The minimum atomic E-state index is -0.444. The molecule has 0 radical (unpaired) electrons. The standard InChI is InChI=1S/C18H28N2O3/c1-18(2,3)23-17(21)20-10-8-16(9-11-20)22-13-15-6-4-14(12-19)5-7-15/h4-7,16H,8-13,19H2,1-3H3. The molecule has 5 heteroatoms. The number of carbonyl (C=O) groups excluding carboxylic acids is 1. The van der Waals surface area contributed by atoms with E-state index in [0.717, 1.165) is 24.0 Å². The lowest BCUT2D eigenvalue weighted by Crippen LogP contribution is -2.43. The zero-order valence-corrected chi connectivity index (χ0v) is 14.4. The molecule has 1 saturated heterocycles.